The van der Waals surface area contributed by atoms with Gasteiger partial charge in [0, 0.05) is 26.2 Å². The first kappa shape index (κ1) is 12.8. The highest BCUT2D eigenvalue weighted by atomic mass is 16.3. The smallest absolute Gasteiger partial charge is 0.158 e. The minimum Gasteiger partial charge on any atom is -0.396 e. The van der Waals surface area contributed by atoms with Crippen LogP contribution < -0.4 is 10.2 Å². The highest BCUT2D eigenvalue weighted by Crippen LogP contribution is 2.36. The van der Waals surface area contributed by atoms with Crippen LogP contribution >= 0.6 is 0 Å². The van der Waals surface area contributed by atoms with Gasteiger partial charge in [-0.15, -0.1) is 0 Å². The van der Waals surface area contributed by atoms with Gasteiger partial charge in [-0.25, -0.2) is 0 Å². The Morgan fingerprint density at radius 2 is 2.21 bits per heavy atom. The van der Waals surface area contributed by atoms with Gasteiger partial charge in [-0.2, -0.15) is 0 Å². The fraction of sp³-hybridized carbons (Fsp3) is 0.600. The summed E-state index contributed by atoms with van der Waals surface area (Å²) in [4.78, 5) is 4.88. The monoisotopic (exact) mass is 261 g/mol. The van der Waals surface area contributed by atoms with Crippen molar-refractivity contribution in [1.82, 2.24) is 4.90 Å². The van der Waals surface area contributed by atoms with Gasteiger partial charge >= 0.3 is 0 Å². The molecule has 1 aromatic rings. The van der Waals surface area contributed by atoms with Crippen molar-refractivity contribution in [1.29, 1.82) is 0 Å². The molecule has 1 aromatic carbocycles. The summed E-state index contributed by atoms with van der Waals surface area (Å²) in [5.41, 5.74) is 2.52. The Bertz CT molecular complexity index is 437. The summed E-state index contributed by atoms with van der Waals surface area (Å²) >= 11 is 0. The Hall–Kier alpha value is -1.26. The van der Waals surface area contributed by atoms with Crippen LogP contribution in [0.1, 0.15) is 19.8 Å². The first-order chi connectivity index (χ1) is 9.33. The van der Waals surface area contributed by atoms with Gasteiger partial charge in [0.25, 0.3) is 0 Å². The molecule has 19 heavy (non-hydrogen) atoms. The van der Waals surface area contributed by atoms with E-state index in [1.54, 1.807) is 0 Å². The minimum absolute atomic E-state index is 0.247. The third kappa shape index (κ3) is 2.30. The molecule has 0 spiro atoms. The second kappa shape index (κ2) is 5.39. The van der Waals surface area contributed by atoms with Gasteiger partial charge in [0.1, 0.15) is 0 Å². The molecule has 1 fully saturated rings. The lowest BCUT2D eigenvalue weighted by molar-refractivity contribution is 0.0970. The molecule has 4 heteroatoms. The summed E-state index contributed by atoms with van der Waals surface area (Å²) < 4.78 is 0. The highest BCUT2D eigenvalue weighted by molar-refractivity contribution is 5.75. The molecule has 2 aliphatic heterocycles. The standard InChI is InChI=1S/C15H23N3O/c1-2-18-14-8-4-3-7-13(14)16-15(18)17-9-5-6-12(10-17)11-19/h3-4,7-8,12,15-16,19H,2,5-6,9-11H2,1H3/t12-,15?/m0/s1. The molecule has 3 rings (SSSR count). The van der Waals surface area contributed by atoms with E-state index in [9.17, 15) is 5.11 Å². The summed E-state index contributed by atoms with van der Waals surface area (Å²) in [7, 11) is 0. The number of likely N-dealkylation sites (tertiary alicyclic amines) is 1. The van der Waals surface area contributed by atoms with Crippen molar-refractivity contribution in [2.75, 3.05) is 36.5 Å². The van der Waals surface area contributed by atoms with Crippen LogP contribution in [0.2, 0.25) is 0 Å². The quantitative estimate of drug-likeness (QED) is 0.872. The van der Waals surface area contributed by atoms with Crippen molar-refractivity contribution in [2.45, 2.75) is 26.1 Å². The van der Waals surface area contributed by atoms with Crippen molar-refractivity contribution in [3.05, 3.63) is 24.3 Å². The lowest BCUT2D eigenvalue weighted by Crippen LogP contribution is -2.53. The van der Waals surface area contributed by atoms with E-state index < -0.39 is 0 Å². The van der Waals surface area contributed by atoms with Gasteiger partial charge in [0.15, 0.2) is 6.29 Å². The normalized spacial score (nSPS) is 27.2. The van der Waals surface area contributed by atoms with Crippen molar-refractivity contribution in [3.63, 3.8) is 0 Å². The van der Waals surface area contributed by atoms with Crippen LogP contribution in [0.4, 0.5) is 11.4 Å². The van der Waals surface area contributed by atoms with E-state index >= 15 is 0 Å². The second-order valence-corrected chi connectivity index (χ2v) is 5.51. The van der Waals surface area contributed by atoms with Gasteiger partial charge in [0.05, 0.1) is 11.4 Å². The maximum absolute atomic E-state index is 9.39. The number of hydrogen-bond donors (Lipinski definition) is 2. The van der Waals surface area contributed by atoms with E-state index in [1.165, 1.54) is 17.8 Å². The van der Waals surface area contributed by atoms with Gasteiger partial charge in [-0.05, 0) is 37.8 Å². The van der Waals surface area contributed by atoms with Crippen LogP contribution in [0.15, 0.2) is 24.3 Å². The second-order valence-electron chi connectivity index (χ2n) is 5.51. The molecule has 0 radical (unpaired) electrons. The number of piperidine rings is 1. The van der Waals surface area contributed by atoms with E-state index in [-0.39, 0.29) is 6.29 Å². The Labute approximate surface area is 115 Å². The number of anilines is 2. The number of nitrogens with zero attached hydrogens (tertiary/aromatic N) is 2. The fourth-order valence-electron chi connectivity index (χ4n) is 3.30. The number of para-hydroxylation sites is 2. The third-order valence-corrected chi connectivity index (χ3v) is 4.29. The Morgan fingerprint density at radius 1 is 1.37 bits per heavy atom. The van der Waals surface area contributed by atoms with Gasteiger partial charge < -0.3 is 15.3 Å². The largest absolute Gasteiger partial charge is 0.396 e. The zero-order valence-corrected chi connectivity index (χ0v) is 11.5. The summed E-state index contributed by atoms with van der Waals surface area (Å²) in [6, 6.07) is 8.50. The number of hydrogen-bond acceptors (Lipinski definition) is 4. The highest BCUT2D eigenvalue weighted by Gasteiger charge is 2.34. The predicted octanol–water partition coefficient (Wildman–Crippen LogP) is 1.93. The maximum Gasteiger partial charge on any atom is 0.158 e. The van der Waals surface area contributed by atoms with Gasteiger partial charge in [-0.1, -0.05) is 12.1 Å². The zero-order valence-electron chi connectivity index (χ0n) is 11.5. The number of aliphatic hydroxyl groups excluding tert-OH is 1. The lowest BCUT2D eigenvalue weighted by Gasteiger charge is -2.40. The number of benzene rings is 1. The van der Waals surface area contributed by atoms with Gasteiger partial charge in [-0.3, -0.25) is 4.90 Å². The van der Waals surface area contributed by atoms with Gasteiger partial charge in [0.2, 0.25) is 0 Å². The lowest BCUT2D eigenvalue weighted by atomic mass is 9.99. The van der Waals surface area contributed by atoms with Crippen molar-refractivity contribution in [3.8, 4) is 0 Å². The Morgan fingerprint density at radius 3 is 3.00 bits per heavy atom. The third-order valence-electron chi connectivity index (χ3n) is 4.29. The van der Waals surface area contributed by atoms with Crippen molar-refractivity contribution >= 4 is 11.4 Å². The molecule has 0 aromatic heterocycles. The predicted molar refractivity (Wildman–Crippen MR) is 78.3 cm³/mol. The minimum atomic E-state index is 0.247. The number of nitrogens with one attached hydrogen (secondary N) is 1. The maximum atomic E-state index is 9.39. The Kier molecular flexibility index (Phi) is 3.62. The van der Waals surface area contributed by atoms with E-state index in [4.69, 9.17) is 0 Å². The summed E-state index contributed by atoms with van der Waals surface area (Å²) in [5.74, 6) is 0.429. The topological polar surface area (TPSA) is 38.7 Å². The average molecular weight is 261 g/mol. The van der Waals surface area contributed by atoms with Crippen LogP contribution in [0.3, 0.4) is 0 Å². The molecule has 2 heterocycles. The SMILES string of the molecule is CCN1c2ccccc2NC1N1CCC[C@H](CO)C1. The van der Waals surface area contributed by atoms with E-state index in [0.717, 1.165) is 26.1 Å². The molecule has 1 saturated heterocycles. The Balaban J connectivity index is 1.79. The molecular weight excluding hydrogens is 238 g/mol. The average Bonchev–Trinajstić information content (AvgIpc) is 2.86. The van der Waals surface area contributed by atoms with E-state index in [1.807, 2.05) is 0 Å². The van der Waals surface area contributed by atoms with E-state index in [2.05, 4.69) is 46.3 Å². The number of fused-ring (bicyclic) bond motifs is 1. The summed E-state index contributed by atoms with van der Waals surface area (Å²) in [6.45, 7) is 5.60. The van der Waals surface area contributed by atoms with Crippen LogP contribution in [0, 0.1) is 5.92 Å². The molecule has 0 amide bonds. The van der Waals surface area contributed by atoms with E-state index in [0.29, 0.717) is 12.5 Å². The molecule has 2 N–H and O–H groups in total. The first-order valence-corrected chi connectivity index (χ1v) is 7.30. The van der Waals surface area contributed by atoms with Crippen molar-refractivity contribution in [2.24, 2.45) is 5.92 Å². The molecule has 2 aliphatic rings. The fourth-order valence-corrected chi connectivity index (χ4v) is 3.30. The molecule has 104 valence electrons. The van der Waals surface area contributed by atoms with Crippen LogP contribution in [0.5, 0.6) is 0 Å². The zero-order chi connectivity index (χ0) is 13.2. The molecule has 0 saturated carbocycles. The van der Waals surface area contributed by atoms with Crippen LogP contribution in [-0.2, 0) is 0 Å². The molecule has 0 aliphatic carbocycles. The van der Waals surface area contributed by atoms with Crippen molar-refractivity contribution < 1.29 is 5.11 Å². The molecule has 2 atom stereocenters. The van der Waals surface area contributed by atoms with Crippen LogP contribution in [0.25, 0.3) is 0 Å². The number of aliphatic hydroxyl groups is 1. The van der Waals surface area contributed by atoms with Crippen LogP contribution in [-0.4, -0.2) is 42.5 Å². The molecule has 4 nitrogen and oxygen atoms in total. The molecule has 1 unspecified atom stereocenters. The first-order valence-electron chi connectivity index (χ1n) is 7.30. The molecular formula is C15H23N3O. The number of rotatable bonds is 3. The summed E-state index contributed by atoms with van der Waals surface area (Å²) in [5, 5.41) is 13.0. The molecule has 0 bridgehead atoms. The summed E-state index contributed by atoms with van der Waals surface area (Å²) in [6.07, 6.45) is 2.58.